The number of nitrogens with one attached hydrogen (secondary N) is 1. The number of aliphatic hydroxyl groups is 1. The third-order valence-corrected chi connectivity index (χ3v) is 4.75. The Hall–Kier alpha value is -2.07. The molecule has 24 heavy (non-hydrogen) atoms. The lowest BCUT2D eigenvalue weighted by Gasteiger charge is -2.33. The number of hydrogen-bond acceptors (Lipinski definition) is 3. The molecule has 0 saturated heterocycles. The molecule has 0 aliphatic heterocycles. The van der Waals surface area contributed by atoms with Gasteiger partial charge in [-0.3, -0.25) is 4.79 Å². The molecule has 0 aliphatic carbocycles. The van der Waals surface area contributed by atoms with Gasteiger partial charge in [-0.05, 0) is 37.6 Å². The number of amides is 1. The molecule has 0 bridgehead atoms. The highest BCUT2D eigenvalue weighted by Crippen LogP contribution is 2.26. The highest BCUT2D eigenvalue weighted by Gasteiger charge is 2.30. The lowest BCUT2D eigenvalue weighted by molar-refractivity contribution is -0.129. The van der Waals surface area contributed by atoms with Crippen LogP contribution in [-0.4, -0.2) is 29.3 Å². The molecule has 2 aromatic carbocycles. The van der Waals surface area contributed by atoms with Gasteiger partial charge in [0.2, 0.25) is 0 Å². The second kappa shape index (κ2) is 8.15. The minimum Gasteiger partial charge on any atom is -0.480 e. The molecule has 2 N–H and O–H groups in total. The van der Waals surface area contributed by atoms with Crippen molar-refractivity contribution in [1.29, 1.82) is 0 Å². The van der Waals surface area contributed by atoms with Gasteiger partial charge in [-0.1, -0.05) is 50.2 Å². The first-order valence-electron chi connectivity index (χ1n) is 8.62. The summed E-state index contributed by atoms with van der Waals surface area (Å²) in [6, 6.07) is 13.8. The largest absolute Gasteiger partial charge is 0.480 e. The monoisotopic (exact) mass is 329 g/mol. The van der Waals surface area contributed by atoms with E-state index in [9.17, 15) is 9.90 Å². The SMILES string of the molecule is CCC(CC)(CCO)NC(=O)C(C)Oc1cccc2ccccc12. The molecule has 1 atom stereocenters. The van der Waals surface area contributed by atoms with E-state index in [-0.39, 0.29) is 18.1 Å². The van der Waals surface area contributed by atoms with Gasteiger partial charge in [-0.2, -0.15) is 0 Å². The standard InChI is InChI=1S/C20H27NO3/c1-4-20(5-2,13-14-22)21-19(23)15(3)24-18-12-8-10-16-9-6-7-11-17(16)18/h6-12,15,22H,4-5,13-14H2,1-3H3,(H,21,23). The number of fused-ring (bicyclic) bond motifs is 1. The molecule has 2 rings (SSSR count). The number of carbonyl (C=O) groups excluding carboxylic acids is 1. The molecule has 0 heterocycles. The zero-order valence-electron chi connectivity index (χ0n) is 14.7. The Labute approximate surface area is 143 Å². The van der Waals surface area contributed by atoms with Gasteiger partial charge < -0.3 is 15.2 Å². The molecule has 0 saturated carbocycles. The van der Waals surface area contributed by atoms with Crippen LogP contribution in [0.4, 0.5) is 0 Å². The number of hydrogen-bond donors (Lipinski definition) is 2. The van der Waals surface area contributed by atoms with Crippen molar-refractivity contribution in [2.45, 2.75) is 51.7 Å². The average Bonchev–Trinajstić information content (AvgIpc) is 2.61. The Morgan fingerprint density at radius 1 is 1.17 bits per heavy atom. The lowest BCUT2D eigenvalue weighted by Crippen LogP contribution is -2.52. The molecule has 0 spiro atoms. The van der Waals surface area contributed by atoms with Crippen LogP contribution in [0, 0.1) is 0 Å². The number of aliphatic hydroxyl groups excluding tert-OH is 1. The van der Waals surface area contributed by atoms with Gasteiger partial charge in [-0.25, -0.2) is 0 Å². The Balaban J connectivity index is 2.13. The molecule has 0 aromatic heterocycles. The van der Waals surface area contributed by atoms with Crippen LogP contribution in [0.2, 0.25) is 0 Å². The van der Waals surface area contributed by atoms with Gasteiger partial charge in [0, 0.05) is 17.5 Å². The quantitative estimate of drug-likeness (QED) is 0.777. The highest BCUT2D eigenvalue weighted by atomic mass is 16.5. The summed E-state index contributed by atoms with van der Waals surface area (Å²) < 4.78 is 5.93. The minimum absolute atomic E-state index is 0.0561. The van der Waals surface area contributed by atoms with Crippen molar-refractivity contribution in [1.82, 2.24) is 5.32 Å². The fraction of sp³-hybridized carbons (Fsp3) is 0.450. The van der Waals surface area contributed by atoms with Crippen LogP contribution >= 0.6 is 0 Å². The van der Waals surface area contributed by atoms with Crippen LogP contribution in [-0.2, 0) is 4.79 Å². The van der Waals surface area contributed by atoms with Crippen LogP contribution in [0.1, 0.15) is 40.0 Å². The molecule has 1 amide bonds. The Bertz CT molecular complexity index is 674. The van der Waals surface area contributed by atoms with Crippen molar-refractivity contribution in [2.24, 2.45) is 0 Å². The van der Waals surface area contributed by atoms with Crippen LogP contribution in [0.25, 0.3) is 10.8 Å². The van der Waals surface area contributed by atoms with Crippen LogP contribution in [0.15, 0.2) is 42.5 Å². The van der Waals surface area contributed by atoms with Crippen molar-refractivity contribution in [3.8, 4) is 5.75 Å². The molecular formula is C20H27NO3. The smallest absolute Gasteiger partial charge is 0.261 e. The maximum atomic E-state index is 12.6. The predicted molar refractivity (Wildman–Crippen MR) is 97.2 cm³/mol. The number of ether oxygens (including phenoxy) is 1. The summed E-state index contributed by atoms with van der Waals surface area (Å²) in [5.74, 6) is 0.552. The van der Waals surface area contributed by atoms with Crippen molar-refractivity contribution in [2.75, 3.05) is 6.61 Å². The Kier molecular flexibility index (Phi) is 6.21. The van der Waals surface area contributed by atoms with E-state index in [0.717, 1.165) is 23.6 Å². The van der Waals surface area contributed by atoms with Gasteiger partial charge in [0.1, 0.15) is 5.75 Å². The Morgan fingerprint density at radius 2 is 1.83 bits per heavy atom. The number of carbonyl (C=O) groups is 1. The molecule has 4 heteroatoms. The zero-order chi connectivity index (χ0) is 17.6. The maximum absolute atomic E-state index is 12.6. The van der Waals surface area contributed by atoms with E-state index in [2.05, 4.69) is 5.32 Å². The van der Waals surface area contributed by atoms with Gasteiger partial charge in [-0.15, -0.1) is 0 Å². The molecule has 0 radical (unpaired) electrons. The normalized spacial score (nSPS) is 12.8. The van der Waals surface area contributed by atoms with Crippen molar-refractivity contribution in [3.63, 3.8) is 0 Å². The van der Waals surface area contributed by atoms with Gasteiger partial charge in [0.25, 0.3) is 5.91 Å². The first-order valence-corrected chi connectivity index (χ1v) is 8.62. The van der Waals surface area contributed by atoms with E-state index < -0.39 is 6.10 Å². The molecule has 2 aromatic rings. The molecule has 0 fully saturated rings. The third kappa shape index (κ3) is 4.06. The zero-order valence-corrected chi connectivity index (χ0v) is 14.7. The van der Waals surface area contributed by atoms with Gasteiger partial charge in [0.15, 0.2) is 6.10 Å². The van der Waals surface area contributed by atoms with E-state index >= 15 is 0 Å². The second-order valence-corrected chi connectivity index (χ2v) is 6.19. The fourth-order valence-electron chi connectivity index (χ4n) is 2.96. The van der Waals surface area contributed by atoms with Crippen molar-refractivity contribution in [3.05, 3.63) is 42.5 Å². The van der Waals surface area contributed by atoms with Gasteiger partial charge >= 0.3 is 0 Å². The first kappa shape index (κ1) is 18.3. The van der Waals surface area contributed by atoms with E-state index in [1.54, 1.807) is 6.92 Å². The lowest BCUT2D eigenvalue weighted by atomic mass is 9.89. The molecule has 1 unspecified atom stereocenters. The van der Waals surface area contributed by atoms with E-state index in [1.807, 2.05) is 56.3 Å². The summed E-state index contributed by atoms with van der Waals surface area (Å²) in [5, 5.41) is 14.4. The fourth-order valence-corrected chi connectivity index (χ4v) is 2.96. The average molecular weight is 329 g/mol. The highest BCUT2D eigenvalue weighted by molar-refractivity contribution is 5.89. The first-order chi connectivity index (χ1) is 11.5. The number of rotatable bonds is 8. The molecule has 0 aliphatic rings. The topological polar surface area (TPSA) is 58.6 Å². The van der Waals surface area contributed by atoms with Crippen molar-refractivity contribution < 1.29 is 14.6 Å². The summed E-state index contributed by atoms with van der Waals surface area (Å²) in [4.78, 5) is 12.6. The van der Waals surface area contributed by atoms with Crippen LogP contribution < -0.4 is 10.1 Å². The van der Waals surface area contributed by atoms with E-state index in [0.29, 0.717) is 12.2 Å². The number of benzene rings is 2. The molecule has 130 valence electrons. The summed E-state index contributed by atoms with van der Waals surface area (Å²) in [5.41, 5.74) is -0.373. The van der Waals surface area contributed by atoms with Crippen LogP contribution in [0.3, 0.4) is 0 Å². The summed E-state index contributed by atoms with van der Waals surface area (Å²) >= 11 is 0. The Morgan fingerprint density at radius 3 is 2.50 bits per heavy atom. The van der Waals surface area contributed by atoms with E-state index in [4.69, 9.17) is 4.74 Å². The van der Waals surface area contributed by atoms with Gasteiger partial charge in [0.05, 0.1) is 0 Å². The molecular weight excluding hydrogens is 302 g/mol. The predicted octanol–water partition coefficient (Wildman–Crippen LogP) is 3.66. The van der Waals surface area contributed by atoms with Crippen LogP contribution in [0.5, 0.6) is 5.75 Å². The summed E-state index contributed by atoms with van der Waals surface area (Å²) in [6.07, 6.45) is 1.49. The second-order valence-electron chi connectivity index (χ2n) is 6.19. The van der Waals surface area contributed by atoms with E-state index in [1.165, 1.54) is 0 Å². The minimum atomic E-state index is -0.605. The molecule has 4 nitrogen and oxygen atoms in total. The summed E-state index contributed by atoms with van der Waals surface area (Å²) in [6.45, 7) is 5.86. The van der Waals surface area contributed by atoms with Crippen molar-refractivity contribution >= 4 is 16.7 Å². The third-order valence-electron chi connectivity index (χ3n) is 4.75. The maximum Gasteiger partial charge on any atom is 0.261 e. The summed E-state index contributed by atoms with van der Waals surface area (Å²) in [7, 11) is 0.